The Morgan fingerprint density at radius 3 is 2.62 bits per heavy atom. The molecule has 0 saturated carbocycles. The van der Waals surface area contributed by atoms with Gasteiger partial charge in [-0.05, 0) is 25.1 Å². The molecule has 0 atom stereocenters. The first-order chi connectivity index (χ1) is 7.46. The summed E-state index contributed by atoms with van der Waals surface area (Å²) in [5.74, 6) is 0.643. The van der Waals surface area contributed by atoms with Crippen molar-refractivity contribution in [2.24, 2.45) is 10.9 Å². The van der Waals surface area contributed by atoms with Crippen molar-refractivity contribution >= 4 is 15.9 Å². The summed E-state index contributed by atoms with van der Waals surface area (Å²) < 4.78 is 29.1. The summed E-state index contributed by atoms with van der Waals surface area (Å²) in [5.41, 5.74) is 6.61. The molecule has 0 aromatic heterocycles. The van der Waals surface area contributed by atoms with E-state index in [-0.39, 0.29) is 6.54 Å². The van der Waals surface area contributed by atoms with Crippen LogP contribution in [0, 0.1) is 0 Å². The molecule has 90 valence electrons. The quantitative estimate of drug-likeness (QED) is 0.686. The summed E-state index contributed by atoms with van der Waals surface area (Å²) in [4.78, 5) is 0. The van der Waals surface area contributed by atoms with E-state index in [1.807, 2.05) is 6.92 Å². The second kappa shape index (κ2) is 5.15. The SMILES string of the molecule is CCOc1ccc(NS(N)(=O)=O)cc1CN. The van der Waals surface area contributed by atoms with E-state index in [1.54, 1.807) is 18.2 Å². The van der Waals surface area contributed by atoms with Gasteiger partial charge in [-0.2, -0.15) is 8.42 Å². The highest BCUT2D eigenvalue weighted by Gasteiger charge is 2.06. The summed E-state index contributed by atoms with van der Waals surface area (Å²) >= 11 is 0. The maximum absolute atomic E-state index is 10.8. The van der Waals surface area contributed by atoms with Crippen molar-refractivity contribution in [2.75, 3.05) is 11.3 Å². The second-order valence-electron chi connectivity index (χ2n) is 3.11. The smallest absolute Gasteiger partial charge is 0.296 e. The monoisotopic (exact) mass is 245 g/mol. The Bertz CT molecular complexity index is 459. The highest BCUT2D eigenvalue weighted by molar-refractivity contribution is 7.90. The highest BCUT2D eigenvalue weighted by atomic mass is 32.2. The molecule has 1 rings (SSSR count). The third-order valence-corrected chi connectivity index (χ3v) is 2.36. The van der Waals surface area contributed by atoms with E-state index in [2.05, 4.69) is 4.72 Å². The van der Waals surface area contributed by atoms with Crippen LogP contribution in [0.15, 0.2) is 18.2 Å². The predicted octanol–water partition coefficient (Wildman–Crippen LogP) is 0.159. The summed E-state index contributed by atoms with van der Waals surface area (Å²) in [5, 5.41) is 4.85. The minimum Gasteiger partial charge on any atom is -0.494 e. The highest BCUT2D eigenvalue weighted by Crippen LogP contribution is 2.22. The van der Waals surface area contributed by atoms with E-state index in [4.69, 9.17) is 15.6 Å². The Kier molecular flexibility index (Phi) is 4.11. The van der Waals surface area contributed by atoms with E-state index >= 15 is 0 Å². The first-order valence-electron chi connectivity index (χ1n) is 4.72. The fourth-order valence-electron chi connectivity index (χ4n) is 1.26. The Hall–Kier alpha value is -1.31. The van der Waals surface area contributed by atoms with Gasteiger partial charge >= 0.3 is 0 Å². The number of rotatable bonds is 5. The molecule has 0 saturated heterocycles. The zero-order valence-corrected chi connectivity index (χ0v) is 9.75. The molecule has 0 amide bonds. The fourth-order valence-corrected chi connectivity index (χ4v) is 1.72. The Morgan fingerprint density at radius 1 is 1.44 bits per heavy atom. The van der Waals surface area contributed by atoms with Crippen molar-refractivity contribution in [2.45, 2.75) is 13.5 Å². The number of ether oxygens (including phenoxy) is 1. The molecule has 7 heteroatoms. The minimum absolute atomic E-state index is 0.259. The predicted molar refractivity (Wildman–Crippen MR) is 62.2 cm³/mol. The third kappa shape index (κ3) is 3.69. The van der Waals surface area contributed by atoms with Crippen molar-refractivity contribution < 1.29 is 13.2 Å². The van der Waals surface area contributed by atoms with Gasteiger partial charge in [0.2, 0.25) is 0 Å². The van der Waals surface area contributed by atoms with Gasteiger partial charge in [-0.15, -0.1) is 0 Å². The molecule has 6 nitrogen and oxygen atoms in total. The van der Waals surface area contributed by atoms with Crippen LogP contribution in [-0.2, 0) is 16.8 Å². The molecule has 0 radical (unpaired) electrons. The van der Waals surface area contributed by atoms with Gasteiger partial charge in [-0.3, -0.25) is 4.72 Å². The molecule has 0 unspecified atom stereocenters. The molecule has 16 heavy (non-hydrogen) atoms. The zero-order chi connectivity index (χ0) is 12.2. The molecular formula is C9H15N3O3S. The van der Waals surface area contributed by atoms with Crippen molar-refractivity contribution in [1.82, 2.24) is 0 Å². The van der Waals surface area contributed by atoms with E-state index in [0.717, 1.165) is 5.56 Å². The molecule has 0 fully saturated rings. The standard InChI is InChI=1S/C9H15N3O3S/c1-2-15-9-4-3-8(5-7(9)6-10)12-16(11,13)14/h3-5,12H,2,6,10H2,1H3,(H2,11,13,14). The van der Waals surface area contributed by atoms with Crippen molar-refractivity contribution in [3.8, 4) is 5.75 Å². The molecule has 0 aliphatic rings. The molecule has 0 aliphatic carbocycles. The van der Waals surface area contributed by atoms with E-state index < -0.39 is 10.2 Å². The van der Waals surface area contributed by atoms with Crippen LogP contribution in [0.2, 0.25) is 0 Å². The Labute approximate surface area is 94.8 Å². The van der Waals surface area contributed by atoms with Gasteiger partial charge in [0.1, 0.15) is 5.75 Å². The normalized spacial score (nSPS) is 11.2. The minimum atomic E-state index is -3.76. The molecule has 0 aliphatic heterocycles. The van der Waals surface area contributed by atoms with Crippen molar-refractivity contribution in [3.05, 3.63) is 23.8 Å². The number of nitrogens with one attached hydrogen (secondary N) is 1. The second-order valence-corrected chi connectivity index (χ2v) is 4.40. The number of anilines is 1. The van der Waals surface area contributed by atoms with Crippen LogP contribution >= 0.6 is 0 Å². The van der Waals surface area contributed by atoms with Crippen LogP contribution in [0.1, 0.15) is 12.5 Å². The average molecular weight is 245 g/mol. The van der Waals surface area contributed by atoms with E-state index in [9.17, 15) is 8.42 Å². The first kappa shape index (κ1) is 12.8. The van der Waals surface area contributed by atoms with Crippen molar-refractivity contribution in [1.29, 1.82) is 0 Å². The lowest BCUT2D eigenvalue weighted by Crippen LogP contribution is -2.21. The van der Waals surface area contributed by atoms with Crippen LogP contribution < -0.4 is 20.3 Å². The third-order valence-electron chi connectivity index (χ3n) is 1.84. The number of hydrogen-bond donors (Lipinski definition) is 3. The average Bonchev–Trinajstić information content (AvgIpc) is 2.18. The summed E-state index contributed by atoms with van der Waals surface area (Å²) in [6, 6.07) is 4.81. The van der Waals surface area contributed by atoms with Crippen LogP contribution in [-0.4, -0.2) is 15.0 Å². The Balaban J connectivity index is 2.99. The molecule has 5 N–H and O–H groups in total. The van der Waals surface area contributed by atoms with Gasteiger partial charge in [-0.1, -0.05) is 0 Å². The maximum atomic E-state index is 10.8. The zero-order valence-electron chi connectivity index (χ0n) is 8.93. The van der Waals surface area contributed by atoms with Gasteiger partial charge in [0.15, 0.2) is 0 Å². The lowest BCUT2D eigenvalue weighted by molar-refractivity contribution is 0.336. The van der Waals surface area contributed by atoms with E-state index in [1.165, 1.54) is 0 Å². The van der Waals surface area contributed by atoms with Gasteiger partial charge in [0.05, 0.1) is 12.3 Å². The number of hydrogen-bond acceptors (Lipinski definition) is 4. The lowest BCUT2D eigenvalue weighted by atomic mass is 10.2. The van der Waals surface area contributed by atoms with Gasteiger partial charge in [0, 0.05) is 12.1 Å². The Morgan fingerprint density at radius 2 is 2.12 bits per heavy atom. The van der Waals surface area contributed by atoms with Crippen molar-refractivity contribution in [3.63, 3.8) is 0 Å². The number of nitrogens with two attached hydrogens (primary N) is 2. The van der Waals surface area contributed by atoms with Crippen LogP contribution in [0.4, 0.5) is 5.69 Å². The van der Waals surface area contributed by atoms with Crippen LogP contribution in [0.3, 0.4) is 0 Å². The molecule has 1 aromatic carbocycles. The lowest BCUT2D eigenvalue weighted by Gasteiger charge is -2.11. The maximum Gasteiger partial charge on any atom is 0.296 e. The topological polar surface area (TPSA) is 107 Å². The van der Waals surface area contributed by atoms with Crippen LogP contribution in [0.25, 0.3) is 0 Å². The van der Waals surface area contributed by atoms with Gasteiger partial charge in [-0.25, -0.2) is 5.14 Å². The fraction of sp³-hybridized carbons (Fsp3) is 0.333. The molecule has 0 heterocycles. The van der Waals surface area contributed by atoms with Gasteiger partial charge in [0.25, 0.3) is 10.2 Å². The molecular weight excluding hydrogens is 230 g/mol. The molecule has 1 aromatic rings. The summed E-state index contributed by atoms with van der Waals surface area (Å²) in [6.45, 7) is 2.64. The van der Waals surface area contributed by atoms with E-state index in [0.29, 0.717) is 18.0 Å². The largest absolute Gasteiger partial charge is 0.494 e. The van der Waals surface area contributed by atoms with Gasteiger partial charge < -0.3 is 10.5 Å². The van der Waals surface area contributed by atoms with Crippen LogP contribution in [0.5, 0.6) is 5.75 Å². The number of benzene rings is 1. The first-order valence-corrected chi connectivity index (χ1v) is 6.27. The molecule has 0 bridgehead atoms. The molecule has 0 spiro atoms. The summed E-state index contributed by atoms with van der Waals surface area (Å²) in [6.07, 6.45) is 0. The summed E-state index contributed by atoms with van der Waals surface area (Å²) in [7, 11) is -3.76.